The van der Waals surface area contributed by atoms with Crippen molar-refractivity contribution in [1.82, 2.24) is 14.4 Å². The average Bonchev–Trinajstić information content (AvgIpc) is 2.73. The molecule has 1 N–H and O–H groups in total. The first-order valence-electron chi connectivity index (χ1n) is 5.88. The fourth-order valence-corrected chi connectivity index (χ4v) is 1.95. The minimum Gasteiger partial charge on any atom is -0.324 e. The molecule has 4 heteroatoms. The molecule has 0 spiro atoms. The van der Waals surface area contributed by atoms with Crippen molar-refractivity contribution in [2.45, 2.75) is 13.8 Å². The highest BCUT2D eigenvalue weighted by Crippen LogP contribution is 2.16. The van der Waals surface area contributed by atoms with Crippen LogP contribution in [-0.2, 0) is 0 Å². The van der Waals surface area contributed by atoms with E-state index in [1.807, 2.05) is 43.5 Å². The Morgan fingerprint density at radius 2 is 1.78 bits per heavy atom. The van der Waals surface area contributed by atoms with Crippen molar-refractivity contribution < 1.29 is 0 Å². The summed E-state index contributed by atoms with van der Waals surface area (Å²) in [6.07, 6.45) is 1.98. The van der Waals surface area contributed by atoms with Gasteiger partial charge in [-0.1, -0.05) is 12.1 Å². The lowest BCUT2D eigenvalue weighted by Gasteiger charge is -2.01. The van der Waals surface area contributed by atoms with Gasteiger partial charge in [-0.15, -0.1) is 0 Å². The van der Waals surface area contributed by atoms with Crippen LogP contribution in [0.2, 0.25) is 0 Å². The normalized spacial score (nSPS) is 10.8. The number of imidazole rings is 1. The highest BCUT2D eigenvalue weighted by atomic mass is 15.1. The Bertz CT molecular complexity index is 700. The molecule has 3 heterocycles. The standard InChI is InChI=1S/C14H14N4/c1-10-5-3-7-12(15-10)16-13-9-18-11(2)6-4-8-14(18)17-13/h3-9H,1-2H3,(H,15,16). The first-order chi connectivity index (χ1) is 8.72. The molecule has 0 atom stereocenters. The van der Waals surface area contributed by atoms with Gasteiger partial charge in [0, 0.05) is 11.4 Å². The van der Waals surface area contributed by atoms with Gasteiger partial charge in [-0.3, -0.25) is 0 Å². The van der Waals surface area contributed by atoms with Crippen LogP contribution < -0.4 is 5.32 Å². The molecule has 18 heavy (non-hydrogen) atoms. The van der Waals surface area contributed by atoms with E-state index in [1.54, 1.807) is 0 Å². The van der Waals surface area contributed by atoms with Gasteiger partial charge in [0.25, 0.3) is 0 Å². The van der Waals surface area contributed by atoms with Crippen molar-refractivity contribution in [3.63, 3.8) is 0 Å². The topological polar surface area (TPSA) is 42.2 Å². The highest BCUT2D eigenvalue weighted by molar-refractivity contribution is 5.56. The number of hydrogen-bond acceptors (Lipinski definition) is 3. The van der Waals surface area contributed by atoms with Crippen LogP contribution >= 0.6 is 0 Å². The van der Waals surface area contributed by atoms with Crippen LogP contribution in [0.1, 0.15) is 11.4 Å². The lowest BCUT2D eigenvalue weighted by Crippen LogP contribution is -1.94. The van der Waals surface area contributed by atoms with Crippen molar-refractivity contribution in [2.75, 3.05) is 5.32 Å². The van der Waals surface area contributed by atoms with Gasteiger partial charge in [0.2, 0.25) is 0 Å². The van der Waals surface area contributed by atoms with E-state index in [-0.39, 0.29) is 0 Å². The summed E-state index contributed by atoms with van der Waals surface area (Å²) in [5, 5.41) is 3.22. The Kier molecular flexibility index (Phi) is 2.48. The number of nitrogens with zero attached hydrogens (tertiary/aromatic N) is 3. The summed E-state index contributed by atoms with van der Waals surface area (Å²) >= 11 is 0. The van der Waals surface area contributed by atoms with Gasteiger partial charge >= 0.3 is 0 Å². The fourth-order valence-electron chi connectivity index (χ4n) is 1.95. The Morgan fingerprint density at radius 1 is 0.944 bits per heavy atom. The van der Waals surface area contributed by atoms with Crippen LogP contribution in [0.5, 0.6) is 0 Å². The van der Waals surface area contributed by atoms with Crippen LogP contribution in [0, 0.1) is 13.8 Å². The molecule has 0 unspecified atom stereocenters. The SMILES string of the molecule is Cc1cccc(Nc2cn3c(C)cccc3n2)n1. The van der Waals surface area contributed by atoms with E-state index >= 15 is 0 Å². The quantitative estimate of drug-likeness (QED) is 0.746. The van der Waals surface area contributed by atoms with E-state index in [9.17, 15) is 0 Å². The molecular formula is C14H14N4. The predicted molar refractivity (Wildman–Crippen MR) is 72.2 cm³/mol. The Hall–Kier alpha value is -2.36. The van der Waals surface area contributed by atoms with Gasteiger partial charge in [-0.25, -0.2) is 9.97 Å². The zero-order valence-corrected chi connectivity index (χ0v) is 10.4. The molecule has 0 aliphatic rings. The fraction of sp³-hybridized carbons (Fsp3) is 0.143. The second-order valence-electron chi connectivity index (χ2n) is 4.31. The lowest BCUT2D eigenvalue weighted by atomic mass is 10.4. The smallest absolute Gasteiger partial charge is 0.150 e. The van der Waals surface area contributed by atoms with E-state index in [0.29, 0.717) is 0 Å². The van der Waals surface area contributed by atoms with E-state index in [0.717, 1.165) is 28.7 Å². The predicted octanol–water partition coefficient (Wildman–Crippen LogP) is 3.09. The van der Waals surface area contributed by atoms with Crippen molar-refractivity contribution in [1.29, 1.82) is 0 Å². The molecular weight excluding hydrogens is 224 g/mol. The largest absolute Gasteiger partial charge is 0.324 e. The van der Waals surface area contributed by atoms with Crippen molar-refractivity contribution >= 4 is 17.3 Å². The first-order valence-corrected chi connectivity index (χ1v) is 5.88. The minimum atomic E-state index is 0.808. The number of rotatable bonds is 2. The number of anilines is 2. The third-order valence-corrected chi connectivity index (χ3v) is 2.84. The van der Waals surface area contributed by atoms with Gasteiger partial charge < -0.3 is 9.72 Å². The third kappa shape index (κ3) is 1.93. The summed E-state index contributed by atoms with van der Waals surface area (Å²) in [5.41, 5.74) is 3.08. The first kappa shape index (κ1) is 10.8. The Labute approximate surface area is 105 Å². The zero-order chi connectivity index (χ0) is 12.5. The van der Waals surface area contributed by atoms with Crippen LogP contribution in [0.25, 0.3) is 5.65 Å². The molecule has 4 nitrogen and oxygen atoms in total. The number of nitrogens with one attached hydrogen (secondary N) is 1. The van der Waals surface area contributed by atoms with E-state index < -0.39 is 0 Å². The number of aromatic nitrogens is 3. The second kappa shape index (κ2) is 4.14. The summed E-state index contributed by atoms with van der Waals surface area (Å²) in [4.78, 5) is 8.91. The summed E-state index contributed by atoms with van der Waals surface area (Å²) in [6.45, 7) is 4.03. The summed E-state index contributed by atoms with van der Waals surface area (Å²) in [5.74, 6) is 1.62. The maximum Gasteiger partial charge on any atom is 0.150 e. The molecule has 0 amide bonds. The lowest BCUT2D eigenvalue weighted by molar-refractivity contribution is 1.09. The maximum atomic E-state index is 4.51. The third-order valence-electron chi connectivity index (χ3n) is 2.84. The Balaban J connectivity index is 1.98. The molecule has 90 valence electrons. The minimum absolute atomic E-state index is 0.808. The molecule has 0 aliphatic carbocycles. The number of fused-ring (bicyclic) bond motifs is 1. The Morgan fingerprint density at radius 3 is 2.56 bits per heavy atom. The molecule has 3 aromatic heterocycles. The molecule has 0 saturated heterocycles. The molecule has 0 fully saturated rings. The van der Waals surface area contributed by atoms with Crippen molar-refractivity contribution in [2.24, 2.45) is 0 Å². The average molecular weight is 238 g/mol. The monoisotopic (exact) mass is 238 g/mol. The van der Waals surface area contributed by atoms with Crippen LogP contribution in [0.3, 0.4) is 0 Å². The van der Waals surface area contributed by atoms with Crippen LogP contribution in [-0.4, -0.2) is 14.4 Å². The molecule has 3 aromatic rings. The maximum absolute atomic E-state index is 4.51. The van der Waals surface area contributed by atoms with Gasteiger partial charge in [0.05, 0.1) is 6.20 Å². The molecule has 0 aliphatic heterocycles. The number of pyridine rings is 2. The number of aryl methyl sites for hydroxylation is 2. The number of hydrogen-bond donors (Lipinski definition) is 1. The summed E-state index contributed by atoms with van der Waals surface area (Å²) in [6, 6.07) is 11.9. The summed E-state index contributed by atoms with van der Waals surface area (Å²) in [7, 11) is 0. The zero-order valence-electron chi connectivity index (χ0n) is 10.4. The summed E-state index contributed by atoms with van der Waals surface area (Å²) < 4.78 is 2.05. The molecule has 0 saturated carbocycles. The van der Waals surface area contributed by atoms with Crippen molar-refractivity contribution in [3.05, 3.63) is 54.0 Å². The van der Waals surface area contributed by atoms with Crippen molar-refractivity contribution in [3.8, 4) is 0 Å². The highest BCUT2D eigenvalue weighted by Gasteiger charge is 2.03. The van der Waals surface area contributed by atoms with Crippen LogP contribution in [0.15, 0.2) is 42.6 Å². The van der Waals surface area contributed by atoms with Gasteiger partial charge in [-0.05, 0) is 38.1 Å². The van der Waals surface area contributed by atoms with Gasteiger partial charge in [-0.2, -0.15) is 0 Å². The van der Waals surface area contributed by atoms with Gasteiger partial charge in [0.1, 0.15) is 11.5 Å². The molecule has 0 bridgehead atoms. The van der Waals surface area contributed by atoms with Gasteiger partial charge in [0.15, 0.2) is 5.82 Å². The molecule has 0 aromatic carbocycles. The second-order valence-corrected chi connectivity index (χ2v) is 4.31. The molecule has 0 radical (unpaired) electrons. The van der Waals surface area contributed by atoms with E-state index in [4.69, 9.17) is 0 Å². The van der Waals surface area contributed by atoms with E-state index in [1.165, 1.54) is 0 Å². The van der Waals surface area contributed by atoms with E-state index in [2.05, 4.69) is 32.7 Å². The molecule has 3 rings (SSSR count). The van der Waals surface area contributed by atoms with Crippen LogP contribution in [0.4, 0.5) is 11.6 Å².